The van der Waals surface area contributed by atoms with E-state index in [9.17, 15) is 0 Å². The second kappa shape index (κ2) is 3.22. The van der Waals surface area contributed by atoms with Crippen molar-refractivity contribution in [2.75, 3.05) is 13.2 Å². The lowest BCUT2D eigenvalue weighted by Crippen LogP contribution is -2.20. The van der Waals surface area contributed by atoms with Crippen LogP contribution in [0, 0.1) is 0 Å². The number of aromatic amines is 1. The van der Waals surface area contributed by atoms with Crippen molar-refractivity contribution in [3.63, 3.8) is 0 Å². The highest BCUT2D eigenvalue weighted by Crippen LogP contribution is 2.09. The molecule has 0 saturated carbocycles. The lowest BCUT2D eigenvalue weighted by atomic mass is 10.3. The number of β-amino-alcohol motifs (C(OH)–C–C–N with tert-alkyl or cyclic N) is 1. The second-order valence-corrected chi connectivity index (χ2v) is 2.88. The Labute approximate surface area is 69.9 Å². The van der Waals surface area contributed by atoms with Gasteiger partial charge in [-0.2, -0.15) is 10.2 Å². The topological polar surface area (TPSA) is 61.4 Å². The fraction of sp³-hybridized carbons (Fsp3) is 0.571. The highest BCUT2D eigenvalue weighted by atomic mass is 16.7. The van der Waals surface area contributed by atoms with Crippen molar-refractivity contribution in [3.8, 4) is 0 Å². The van der Waals surface area contributed by atoms with Crippen LogP contribution in [0.5, 0.6) is 0 Å². The first-order chi connectivity index (χ1) is 5.84. The molecule has 0 aliphatic carbocycles. The van der Waals surface area contributed by atoms with Crippen LogP contribution in [0.15, 0.2) is 12.4 Å². The van der Waals surface area contributed by atoms with Crippen LogP contribution in [-0.4, -0.2) is 39.6 Å². The highest BCUT2D eigenvalue weighted by Gasteiger charge is 2.21. The fourth-order valence-electron chi connectivity index (χ4n) is 1.21. The Hall–Kier alpha value is -0.910. The number of rotatable bonds is 2. The molecule has 0 radical (unpaired) electrons. The molecule has 66 valence electrons. The first kappa shape index (κ1) is 7.72. The number of H-pyrrole nitrogens is 1. The largest absolute Gasteiger partial charge is 0.389 e. The SMILES string of the molecule is O[C@H]1CON(Cc2cn[nH]c2)C1. The van der Waals surface area contributed by atoms with Crippen molar-refractivity contribution < 1.29 is 9.94 Å². The zero-order chi connectivity index (χ0) is 8.39. The van der Waals surface area contributed by atoms with Gasteiger partial charge in [0, 0.05) is 11.8 Å². The van der Waals surface area contributed by atoms with E-state index in [0.29, 0.717) is 19.7 Å². The van der Waals surface area contributed by atoms with Gasteiger partial charge in [0.05, 0.1) is 32.0 Å². The minimum atomic E-state index is -0.350. The molecule has 1 aliphatic heterocycles. The van der Waals surface area contributed by atoms with Crippen molar-refractivity contribution in [2.24, 2.45) is 0 Å². The van der Waals surface area contributed by atoms with Crippen molar-refractivity contribution >= 4 is 0 Å². The van der Waals surface area contributed by atoms with Crippen LogP contribution in [0.25, 0.3) is 0 Å². The molecule has 0 spiro atoms. The number of hydrogen-bond acceptors (Lipinski definition) is 4. The van der Waals surface area contributed by atoms with Crippen molar-refractivity contribution in [2.45, 2.75) is 12.6 Å². The van der Waals surface area contributed by atoms with E-state index in [4.69, 9.17) is 9.94 Å². The summed E-state index contributed by atoms with van der Waals surface area (Å²) in [5.74, 6) is 0. The van der Waals surface area contributed by atoms with Gasteiger partial charge in [-0.15, -0.1) is 0 Å². The van der Waals surface area contributed by atoms with Crippen LogP contribution in [0.3, 0.4) is 0 Å². The van der Waals surface area contributed by atoms with Crippen LogP contribution in [-0.2, 0) is 11.4 Å². The van der Waals surface area contributed by atoms with Gasteiger partial charge in [-0.3, -0.25) is 9.94 Å². The summed E-state index contributed by atoms with van der Waals surface area (Å²) < 4.78 is 0. The Bertz CT molecular complexity index is 237. The maximum absolute atomic E-state index is 9.14. The second-order valence-electron chi connectivity index (χ2n) is 2.88. The zero-order valence-corrected chi connectivity index (χ0v) is 6.60. The van der Waals surface area contributed by atoms with Crippen LogP contribution < -0.4 is 0 Å². The summed E-state index contributed by atoms with van der Waals surface area (Å²) >= 11 is 0. The number of nitrogens with one attached hydrogen (secondary N) is 1. The van der Waals surface area contributed by atoms with Gasteiger partial charge in [0.1, 0.15) is 0 Å². The molecule has 0 unspecified atom stereocenters. The van der Waals surface area contributed by atoms with Gasteiger partial charge in [-0.1, -0.05) is 0 Å². The van der Waals surface area contributed by atoms with Gasteiger partial charge in [-0.25, -0.2) is 0 Å². The number of hydroxylamine groups is 2. The molecule has 0 amide bonds. The Kier molecular flexibility index (Phi) is 2.07. The van der Waals surface area contributed by atoms with E-state index < -0.39 is 0 Å². The standard InChI is InChI=1S/C7H11N3O2/c11-7-4-10(12-5-7)3-6-1-8-9-2-6/h1-2,7,11H,3-5H2,(H,8,9)/t7-/m1/s1. The summed E-state index contributed by atoms with van der Waals surface area (Å²) in [6.45, 7) is 1.65. The third kappa shape index (κ3) is 1.63. The van der Waals surface area contributed by atoms with E-state index >= 15 is 0 Å². The average molecular weight is 169 g/mol. The lowest BCUT2D eigenvalue weighted by Gasteiger charge is -2.10. The van der Waals surface area contributed by atoms with Gasteiger partial charge in [0.15, 0.2) is 0 Å². The number of hydrogen-bond donors (Lipinski definition) is 2. The summed E-state index contributed by atoms with van der Waals surface area (Å²) in [6, 6.07) is 0. The van der Waals surface area contributed by atoms with Gasteiger partial charge in [0.25, 0.3) is 0 Å². The average Bonchev–Trinajstić information content (AvgIpc) is 2.63. The van der Waals surface area contributed by atoms with Gasteiger partial charge in [-0.05, 0) is 0 Å². The maximum atomic E-state index is 9.14. The van der Waals surface area contributed by atoms with Crippen LogP contribution in [0.1, 0.15) is 5.56 Å². The Morgan fingerprint density at radius 2 is 2.75 bits per heavy atom. The van der Waals surface area contributed by atoms with Crippen LogP contribution in [0.2, 0.25) is 0 Å². The smallest absolute Gasteiger partial charge is 0.0958 e. The Balaban J connectivity index is 1.88. The van der Waals surface area contributed by atoms with E-state index in [2.05, 4.69) is 10.2 Å². The Morgan fingerprint density at radius 3 is 3.33 bits per heavy atom. The predicted octanol–water partition coefficient (Wildman–Crippen LogP) is -0.482. The normalized spacial score (nSPS) is 24.9. The predicted molar refractivity (Wildman–Crippen MR) is 41.0 cm³/mol. The number of aliphatic hydroxyl groups excluding tert-OH is 1. The van der Waals surface area contributed by atoms with Gasteiger partial charge in [0.2, 0.25) is 0 Å². The highest BCUT2D eigenvalue weighted by molar-refractivity contribution is 5.01. The van der Waals surface area contributed by atoms with Crippen LogP contribution >= 0.6 is 0 Å². The summed E-state index contributed by atoms with van der Waals surface area (Å²) in [4.78, 5) is 5.18. The molecule has 0 aromatic carbocycles. The first-order valence-electron chi connectivity index (χ1n) is 3.88. The molecular weight excluding hydrogens is 158 g/mol. The molecule has 5 nitrogen and oxygen atoms in total. The minimum Gasteiger partial charge on any atom is -0.389 e. The molecule has 2 rings (SSSR count). The van der Waals surface area contributed by atoms with Crippen molar-refractivity contribution in [3.05, 3.63) is 18.0 Å². The summed E-state index contributed by atoms with van der Waals surface area (Å²) in [5.41, 5.74) is 1.06. The molecular formula is C7H11N3O2. The Morgan fingerprint density at radius 1 is 1.83 bits per heavy atom. The molecule has 1 atom stereocenters. The number of nitrogens with zero attached hydrogens (tertiary/aromatic N) is 2. The summed E-state index contributed by atoms with van der Waals surface area (Å²) in [6.07, 6.45) is 3.21. The van der Waals surface area contributed by atoms with Gasteiger partial charge < -0.3 is 5.11 Å². The van der Waals surface area contributed by atoms with E-state index in [1.54, 1.807) is 11.3 Å². The minimum absolute atomic E-state index is 0.350. The molecule has 2 heterocycles. The molecule has 1 aliphatic rings. The third-order valence-corrected chi connectivity index (χ3v) is 1.78. The molecule has 1 saturated heterocycles. The first-order valence-corrected chi connectivity index (χ1v) is 3.88. The number of aliphatic hydroxyl groups is 1. The van der Waals surface area contributed by atoms with E-state index in [1.165, 1.54) is 0 Å². The maximum Gasteiger partial charge on any atom is 0.0958 e. The van der Waals surface area contributed by atoms with Crippen molar-refractivity contribution in [1.29, 1.82) is 0 Å². The van der Waals surface area contributed by atoms with E-state index in [-0.39, 0.29) is 6.10 Å². The summed E-state index contributed by atoms with van der Waals surface area (Å²) in [5, 5.41) is 17.4. The number of aromatic nitrogens is 2. The fourth-order valence-corrected chi connectivity index (χ4v) is 1.21. The molecule has 12 heavy (non-hydrogen) atoms. The molecule has 0 bridgehead atoms. The monoisotopic (exact) mass is 169 g/mol. The van der Waals surface area contributed by atoms with Gasteiger partial charge >= 0.3 is 0 Å². The van der Waals surface area contributed by atoms with E-state index in [0.717, 1.165) is 5.56 Å². The van der Waals surface area contributed by atoms with E-state index in [1.807, 2.05) is 6.20 Å². The summed E-state index contributed by atoms with van der Waals surface area (Å²) in [7, 11) is 0. The molecule has 1 fully saturated rings. The molecule has 2 N–H and O–H groups in total. The van der Waals surface area contributed by atoms with Crippen molar-refractivity contribution in [1.82, 2.24) is 15.3 Å². The molecule has 1 aromatic rings. The lowest BCUT2D eigenvalue weighted by molar-refractivity contribution is -0.117. The quantitative estimate of drug-likeness (QED) is 0.627. The zero-order valence-electron chi connectivity index (χ0n) is 6.60. The molecule has 1 aromatic heterocycles. The third-order valence-electron chi connectivity index (χ3n) is 1.78. The molecule has 5 heteroatoms. The van der Waals surface area contributed by atoms with Crippen LogP contribution in [0.4, 0.5) is 0 Å².